The van der Waals surface area contributed by atoms with E-state index in [4.69, 9.17) is 10.8 Å². The molecule has 3 rings (SSSR count). The van der Waals surface area contributed by atoms with Crippen LogP contribution in [0.4, 0.5) is 0 Å². The van der Waals surface area contributed by atoms with Crippen LogP contribution in [0.1, 0.15) is 11.1 Å². The minimum atomic E-state index is -1.10. The molecule has 1 atom stereocenters. The number of nitrogens with zero attached hydrogens (tertiary/aromatic N) is 3. The molecule has 0 saturated heterocycles. The zero-order chi connectivity index (χ0) is 22.0. The first-order valence-electron chi connectivity index (χ1n) is 9.21. The number of nitrogens with two attached hydrogens (primary N) is 1. The summed E-state index contributed by atoms with van der Waals surface area (Å²) in [6.45, 7) is 0.334. The highest BCUT2D eigenvalue weighted by molar-refractivity contribution is 5.79. The van der Waals surface area contributed by atoms with E-state index >= 15 is 0 Å². The largest absolute Gasteiger partial charge is 0.480 e. The molecule has 0 fully saturated rings. The van der Waals surface area contributed by atoms with Gasteiger partial charge >= 0.3 is 11.7 Å². The van der Waals surface area contributed by atoms with Crippen molar-refractivity contribution in [2.75, 3.05) is 7.05 Å². The third-order valence-electron chi connectivity index (χ3n) is 4.91. The molecule has 0 aliphatic carbocycles. The van der Waals surface area contributed by atoms with Gasteiger partial charge in [0.15, 0.2) is 0 Å². The standard InChI is InChI=1S/C21H22N4O5/c1-23(12-26)11-14-5-8-18-16(9-14)19(27)25(21(30)24(18)2)15-6-3-13(4-7-15)10-17(22)20(28)29/h3-9,12,17H,10-11,22H2,1-2H3,(H,28,29)/t17-/m0/s1. The molecule has 3 N–H and O–H groups in total. The van der Waals surface area contributed by atoms with Crippen LogP contribution in [0.5, 0.6) is 0 Å². The Kier molecular flexibility index (Phi) is 5.84. The maximum absolute atomic E-state index is 13.1. The minimum absolute atomic E-state index is 0.133. The predicted molar refractivity (Wildman–Crippen MR) is 112 cm³/mol. The summed E-state index contributed by atoms with van der Waals surface area (Å²) in [4.78, 5) is 49.2. The van der Waals surface area contributed by atoms with E-state index in [9.17, 15) is 19.2 Å². The van der Waals surface area contributed by atoms with Gasteiger partial charge in [0.05, 0.1) is 16.6 Å². The first-order chi connectivity index (χ1) is 14.2. The predicted octanol–water partition coefficient (Wildman–Crippen LogP) is 0.232. The second-order valence-electron chi connectivity index (χ2n) is 7.17. The Hall–Kier alpha value is -3.72. The number of carboxylic acids is 1. The number of rotatable bonds is 7. The lowest BCUT2D eigenvalue weighted by atomic mass is 10.1. The van der Waals surface area contributed by atoms with Crippen molar-refractivity contribution in [3.63, 3.8) is 0 Å². The molecular weight excluding hydrogens is 388 g/mol. The molecule has 9 nitrogen and oxygen atoms in total. The van der Waals surface area contributed by atoms with E-state index in [2.05, 4.69) is 0 Å². The summed E-state index contributed by atoms with van der Waals surface area (Å²) < 4.78 is 2.45. The molecular formula is C21H22N4O5. The van der Waals surface area contributed by atoms with Crippen LogP contribution in [0.15, 0.2) is 52.1 Å². The van der Waals surface area contributed by atoms with Gasteiger partial charge in [0.2, 0.25) is 6.41 Å². The number of hydrogen-bond acceptors (Lipinski definition) is 5. The van der Waals surface area contributed by atoms with E-state index in [0.29, 0.717) is 35.1 Å². The monoisotopic (exact) mass is 410 g/mol. The number of aliphatic carboxylic acids is 1. The fourth-order valence-corrected chi connectivity index (χ4v) is 3.28. The molecule has 2 aromatic carbocycles. The lowest BCUT2D eigenvalue weighted by Crippen LogP contribution is -2.38. The fourth-order valence-electron chi connectivity index (χ4n) is 3.28. The molecule has 0 aliphatic rings. The summed E-state index contributed by atoms with van der Waals surface area (Å²) >= 11 is 0. The van der Waals surface area contributed by atoms with E-state index in [0.717, 1.165) is 10.1 Å². The highest BCUT2D eigenvalue weighted by Gasteiger charge is 2.15. The summed E-state index contributed by atoms with van der Waals surface area (Å²) in [7, 11) is 3.21. The molecule has 1 heterocycles. The second kappa shape index (κ2) is 8.34. The number of carboxylic acid groups (broad SMARTS) is 1. The maximum atomic E-state index is 13.1. The van der Waals surface area contributed by atoms with E-state index in [1.807, 2.05) is 0 Å². The highest BCUT2D eigenvalue weighted by Crippen LogP contribution is 2.14. The summed E-state index contributed by atoms with van der Waals surface area (Å²) in [6, 6.07) is 10.6. The van der Waals surface area contributed by atoms with Crippen LogP contribution in [-0.2, 0) is 29.6 Å². The van der Waals surface area contributed by atoms with Crippen molar-refractivity contribution < 1.29 is 14.7 Å². The molecule has 1 aromatic heterocycles. The summed E-state index contributed by atoms with van der Waals surface area (Å²) in [5.41, 5.74) is 6.88. The molecule has 0 spiro atoms. The minimum Gasteiger partial charge on any atom is -0.480 e. The molecule has 30 heavy (non-hydrogen) atoms. The van der Waals surface area contributed by atoms with Crippen molar-refractivity contribution in [2.45, 2.75) is 19.0 Å². The number of hydrogen-bond donors (Lipinski definition) is 2. The number of aromatic nitrogens is 2. The topological polar surface area (TPSA) is 128 Å². The van der Waals surface area contributed by atoms with Crippen LogP contribution in [0, 0.1) is 0 Å². The number of amides is 1. The molecule has 0 bridgehead atoms. The Morgan fingerprint density at radius 2 is 1.80 bits per heavy atom. The Morgan fingerprint density at radius 3 is 2.40 bits per heavy atom. The van der Waals surface area contributed by atoms with Crippen molar-refractivity contribution in [3.8, 4) is 5.69 Å². The molecule has 3 aromatic rings. The third kappa shape index (κ3) is 4.01. The van der Waals surface area contributed by atoms with Crippen LogP contribution in [0.25, 0.3) is 16.6 Å². The van der Waals surface area contributed by atoms with E-state index < -0.39 is 23.3 Å². The van der Waals surface area contributed by atoms with Crippen LogP contribution in [0.3, 0.4) is 0 Å². The van der Waals surface area contributed by atoms with Crippen molar-refractivity contribution in [1.82, 2.24) is 14.0 Å². The van der Waals surface area contributed by atoms with Crippen LogP contribution in [0.2, 0.25) is 0 Å². The molecule has 0 aliphatic heterocycles. The second-order valence-corrected chi connectivity index (χ2v) is 7.17. The number of benzene rings is 2. The van der Waals surface area contributed by atoms with Gasteiger partial charge in [0.1, 0.15) is 6.04 Å². The van der Waals surface area contributed by atoms with Gasteiger partial charge in [-0.15, -0.1) is 0 Å². The van der Waals surface area contributed by atoms with Crippen molar-refractivity contribution in [3.05, 3.63) is 74.4 Å². The fraction of sp³-hybridized carbons (Fsp3) is 0.238. The highest BCUT2D eigenvalue weighted by atomic mass is 16.4. The third-order valence-corrected chi connectivity index (χ3v) is 4.91. The van der Waals surface area contributed by atoms with Gasteiger partial charge in [-0.05, 0) is 41.8 Å². The van der Waals surface area contributed by atoms with Crippen molar-refractivity contribution in [1.29, 1.82) is 0 Å². The summed E-state index contributed by atoms with van der Waals surface area (Å²) in [5, 5.41) is 9.29. The van der Waals surface area contributed by atoms with Crippen molar-refractivity contribution >= 4 is 23.3 Å². The van der Waals surface area contributed by atoms with Gasteiger partial charge in [-0.25, -0.2) is 9.36 Å². The van der Waals surface area contributed by atoms with Gasteiger partial charge in [-0.3, -0.25) is 19.0 Å². The van der Waals surface area contributed by atoms with Crippen molar-refractivity contribution in [2.24, 2.45) is 12.8 Å². The van der Waals surface area contributed by atoms with Gasteiger partial charge < -0.3 is 15.7 Å². The molecule has 156 valence electrons. The lowest BCUT2D eigenvalue weighted by molar-refractivity contribution is -0.138. The van der Waals surface area contributed by atoms with E-state index in [1.54, 1.807) is 56.6 Å². The Labute approximate surface area is 171 Å². The molecule has 1 amide bonds. The number of carbonyl (C=O) groups is 2. The van der Waals surface area contributed by atoms with Crippen LogP contribution in [-0.4, -0.2) is 44.6 Å². The van der Waals surface area contributed by atoms with E-state index in [1.165, 1.54) is 9.47 Å². The zero-order valence-electron chi connectivity index (χ0n) is 16.6. The Morgan fingerprint density at radius 1 is 1.17 bits per heavy atom. The smallest absolute Gasteiger partial charge is 0.335 e. The van der Waals surface area contributed by atoms with Crippen LogP contribution >= 0.6 is 0 Å². The Bertz CT molecular complexity index is 1230. The first-order valence-corrected chi connectivity index (χ1v) is 9.21. The summed E-state index contributed by atoms with van der Waals surface area (Å²) in [6.07, 6.45) is 0.828. The Balaban J connectivity index is 2.09. The number of aryl methyl sites for hydroxylation is 1. The van der Waals surface area contributed by atoms with Crippen LogP contribution < -0.4 is 17.0 Å². The van der Waals surface area contributed by atoms with Gasteiger partial charge in [-0.2, -0.15) is 0 Å². The maximum Gasteiger partial charge on any atom is 0.335 e. The molecule has 9 heteroatoms. The summed E-state index contributed by atoms with van der Waals surface area (Å²) in [5.74, 6) is -1.10. The average molecular weight is 410 g/mol. The number of fused-ring (bicyclic) bond motifs is 1. The lowest BCUT2D eigenvalue weighted by Gasteiger charge is -2.14. The molecule has 0 unspecified atom stereocenters. The average Bonchev–Trinajstić information content (AvgIpc) is 2.73. The normalized spacial score (nSPS) is 12.0. The van der Waals surface area contributed by atoms with Gasteiger partial charge in [0, 0.05) is 20.6 Å². The zero-order valence-corrected chi connectivity index (χ0v) is 16.6. The quantitative estimate of drug-likeness (QED) is 0.537. The molecule has 0 saturated carbocycles. The van der Waals surface area contributed by atoms with E-state index in [-0.39, 0.29) is 6.42 Å². The SMILES string of the molecule is CN(C=O)Cc1ccc2c(c1)c(=O)n(-c1ccc(C[C@H](N)C(=O)O)cc1)c(=O)n2C. The van der Waals surface area contributed by atoms with Gasteiger partial charge in [-0.1, -0.05) is 18.2 Å². The molecule has 0 radical (unpaired) electrons. The van der Waals surface area contributed by atoms with Gasteiger partial charge in [0.25, 0.3) is 5.56 Å². The first kappa shape index (κ1) is 21.0. The number of carbonyl (C=O) groups excluding carboxylic acids is 1.